The molecule has 0 aliphatic carbocycles. The van der Waals surface area contributed by atoms with Crippen molar-refractivity contribution in [2.24, 2.45) is 0 Å². The standard InChI is InChI=1S/C21H19FN2O/c1-14-2-4-17(5-3-14)21-23-19(15-6-8-18(22)9-7-15)20(24-21)16-10-12-25-13-11-16/h2-10H,11-13H2,1H3,(H,23,24). The molecule has 1 aliphatic rings. The lowest BCUT2D eigenvalue weighted by molar-refractivity contribution is 0.161. The van der Waals surface area contributed by atoms with Gasteiger partial charge in [0.15, 0.2) is 0 Å². The normalized spacial score (nSPS) is 14.4. The van der Waals surface area contributed by atoms with Crippen molar-refractivity contribution < 1.29 is 9.13 Å². The van der Waals surface area contributed by atoms with Crippen LogP contribution < -0.4 is 0 Å². The van der Waals surface area contributed by atoms with E-state index in [1.54, 1.807) is 12.1 Å². The highest BCUT2D eigenvalue weighted by atomic mass is 19.1. The topological polar surface area (TPSA) is 37.9 Å². The molecule has 3 nitrogen and oxygen atoms in total. The van der Waals surface area contributed by atoms with Gasteiger partial charge in [-0.1, -0.05) is 35.9 Å². The van der Waals surface area contributed by atoms with Crippen LogP contribution in [0.4, 0.5) is 4.39 Å². The summed E-state index contributed by atoms with van der Waals surface area (Å²) in [6.07, 6.45) is 2.92. The molecule has 0 unspecified atom stereocenters. The third kappa shape index (κ3) is 3.26. The Labute approximate surface area is 146 Å². The van der Waals surface area contributed by atoms with Gasteiger partial charge in [0.05, 0.1) is 24.6 Å². The first-order valence-electron chi connectivity index (χ1n) is 8.41. The Bertz CT molecular complexity index is 908. The van der Waals surface area contributed by atoms with Crippen molar-refractivity contribution in [3.05, 3.63) is 71.7 Å². The predicted molar refractivity (Wildman–Crippen MR) is 97.6 cm³/mol. The molecule has 4 heteroatoms. The maximum absolute atomic E-state index is 13.3. The zero-order valence-corrected chi connectivity index (χ0v) is 14.1. The summed E-state index contributed by atoms with van der Waals surface area (Å²) >= 11 is 0. The summed E-state index contributed by atoms with van der Waals surface area (Å²) in [7, 11) is 0. The summed E-state index contributed by atoms with van der Waals surface area (Å²) in [5.74, 6) is 0.576. The fraction of sp³-hybridized carbons (Fsp3) is 0.190. The molecular formula is C21H19FN2O. The summed E-state index contributed by atoms with van der Waals surface area (Å²) in [6, 6.07) is 14.7. The largest absolute Gasteiger partial charge is 0.377 e. The van der Waals surface area contributed by atoms with E-state index in [4.69, 9.17) is 9.72 Å². The number of rotatable bonds is 3. The SMILES string of the molecule is Cc1ccc(-c2nc(-c3ccc(F)cc3)c(C3=CCOCC3)[nH]2)cc1. The van der Waals surface area contributed by atoms with Gasteiger partial charge in [-0.15, -0.1) is 0 Å². The summed E-state index contributed by atoms with van der Waals surface area (Å²) in [5, 5.41) is 0. The Balaban J connectivity index is 1.84. The molecule has 0 fully saturated rings. The van der Waals surface area contributed by atoms with Crippen molar-refractivity contribution in [2.45, 2.75) is 13.3 Å². The van der Waals surface area contributed by atoms with Crippen molar-refractivity contribution in [3.63, 3.8) is 0 Å². The maximum atomic E-state index is 13.3. The number of H-pyrrole nitrogens is 1. The lowest BCUT2D eigenvalue weighted by Crippen LogP contribution is -2.04. The summed E-state index contributed by atoms with van der Waals surface area (Å²) in [5.41, 5.74) is 6.18. The Morgan fingerprint density at radius 3 is 2.40 bits per heavy atom. The van der Waals surface area contributed by atoms with Gasteiger partial charge >= 0.3 is 0 Å². The number of ether oxygens (including phenoxy) is 1. The van der Waals surface area contributed by atoms with Crippen molar-refractivity contribution in [1.29, 1.82) is 0 Å². The first-order valence-corrected chi connectivity index (χ1v) is 8.41. The number of nitrogens with zero attached hydrogens (tertiary/aromatic N) is 1. The average Bonchev–Trinajstić information content (AvgIpc) is 3.09. The van der Waals surface area contributed by atoms with Crippen molar-refractivity contribution in [2.75, 3.05) is 13.2 Å². The van der Waals surface area contributed by atoms with Crippen LogP contribution in [-0.2, 0) is 4.74 Å². The second-order valence-corrected chi connectivity index (χ2v) is 6.24. The van der Waals surface area contributed by atoms with E-state index in [0.717, 1.165) is 34.8 Å². The minimum atomic E-state index is -0.245. The van der Waals surface area contributed by atoms with Crippen LogP contribution in [0.25, 0.3) is 28.2 Å². The van der Waals surface area contributed by atoms with Gasteiger partial charge < -0.3 is 9.72 Å². The van der Waals surface area contributed by atoms with Gasteiger partial charge in [0, 0.05) is 11.1 Å². The molecule has 2 heterocycles. The van der Waals surface area contributed by atoms with E-state index in [1.807, 2.05) is 0 Å². The van der Waals surface area contributed by atoms with Crippen LogP contribution in [-0.4, -0.2) is 23.2 Å². The quantitative estimate of drug-likeness (QED) is 0.732. The van der Waals surface area contributed by atoms with E-state index in [2.05, 4.69) is 42.2 Å². The van der Waals surface area contributed by atoms with Crippen molar-refractivity contribution in [1.82, 2.24) is 9.97 Å². The molecule has 0 radical (unpaired) electrons. The van der Waals surface area contributed by atoms with E-state index >= 15 is 0 Å². The minimum Gasteiger partial charge on any atom is -0.377 e. The minimum absolute atomic E-state index is 0.245. The summed E-state index contributed by atoms with van der Waals surface area (Å²) in [6.45, 7) is 3.37. The van der Waals surface area contributed by atoms with Crippen LogP contribution in [0.15, 0.2) is 54.6 Å². The van der Waals surface area contributed by atoms with Crippen molar-refractivity contribution >= 4 is 5.57 Å². The molecule has 0 saturated carbocycles. The monoisotopic (exact) mass is 334 g/mol. The maximum Gasteiger partial charge on any atom is 0.138 e. The van der Waals surface area contributed by atoms with E-state index in [9.17, 15) is 4.39 Å². The molecule has 0 amide bonds. The number of hydrogen-bond acceptors (Lipinski definition) is 2. The van der Waals surface area contributed by atoms with Crippen LogP contribution in [0.5, 0.6) is 0 Å². The highest BCUT2D eigenvalue weighted by molar-refractivity contribution is 5.80. The average molecular weight is 334 g/mol. The second kappa shape index (κ2) is 6.65. The number of benzene rings is 2. The molecule has 0 saturated heterocycles. The number of aromatic amines is 1. The number of aromatic nitrogens is 2. The van der Waals surface area contributed by atoms with Gasteiger partial charge in [0.25, 0.3) is 0 Å². The molecule has 1 N–H and O–H groups in total. The zero-order valence-electron chi connectivity index (χ0n) is 14.1. The molecule has 126 valence electrons. The smallest absolute Gasteiger partial charge is 0.138 e. The molecule has 4 rings (SSSR count). The van der Waals surface area contributed by atoms with E-state index in [1.165, 1.54) is 23.3 Å². The first-order chi connectivity index (χ1) is 12.2. The van der Waals surface area contributed by atoms with Gasteiger partial charge in [0.1, 0.15) is 11.6 Å². The van der Waals surface area contributed by atoms with Gasteiger partial charge in [-0.25, -0.2) is 9.37 Å². The van der Waals surface area contributed by atoms with E-state index in [0.29, 0.717) is 13.2 Å². The van der Waals surface area contributed by atoms with E-state index in [-0.39, 0.29) is 5.82 Å². The Hall–Kier alpha value is -2.72. The second-order valence-electron chi connectivity index (χ2n) is 6.24. The fourth-order valence-corrected chi connectivity index (χ4v) is 3.02. The Kier molecular flexibility index (Phi) is 4.20. The number of hydrogen-bond donors (Lipinski definition) is 1. The van der Waals surface area contributed by atoms with Gasteiger partial charge in [-0.3, -0.25) is 0 Å². The Morgan fingerprint density at radius 1 is 1.00 bits per heavy atom. The van der Waals surface area contributed by atoms with Crippen molar-refractivity contribution in [3.8, 4) is 22.6 Å². The number of imidazole rings is 1. The van der Waals surface area contributed by atoms with Crippen LogP contribution >= 0.6 is 0 Å². The lowest BCUT2D eigenvalue weighted by atomic mass is 10.0. The van der Waals surface area contributed by atoms with Crippen LogP contribution in [0.1, 0.15) is 17.7 Å². The van der Waals surface area contributed by atoms with Gasteiger partial charge in [-0.2, -0.15) is 0 Å². The molecule has 3 aromatic rings. The Morgan fingerprint density at radius 2 is 1.72 bits per heavy atom. The molecule has 0 spiro atoms. The summed E-state index contributed by atoms with van der Waals surface area (Å²) < 4.78 is 18.7. The molecule has 2 aromatic carbocycles. The number of halogens is 1. The van der Waals surface area contributed by atoms with E-state index < -0.39 is 0 Å². The van der Waals surface area contributed by atoms with Crippen LogP contribution in [0.3, 0.4) is 0 Å². The molecule has 0 atom stereocenters. The molecule has 1 aromatic heterocycles. The third-order valence-corrected chi connectivity index (χ3v) is 4.43. The van der Waals surface area contributed by atoms with Crippen LogP contribution in [0, 0.1) is 12.7 Å². The molecule has 0 bridgehead atoms. The van der Waals surface area contributed by atoms with Gasteiger partial charge in [0.2, 0.25) is 0 Å². The van der Waals surface area contributed by atoms with Gasteiger partial charge in [-0.05, 0) is 43.2 Å². The molecular weight excluding hydrogens is 315 g/mol. The van der Waals surface area contributed by atoms with Crippen LogP contribution in [0.2, 0.25) is 0 Å². The highest BCUT2D eigenvalue weighted by Gasteiger charge is 2.18. The number of nitrogens with one attached hydrogen (secondary N) is 1. The number of aryl methyl sites for hydroxylation is 1. The lowest BCUT2D eigenvalue weighted by Gasteiger charge is -2.13. The zero-order chi connectivity index (χ0) is 17.2. The molecule has 1 aliphatic heterocycles. The predicted octanol–water partition coefficient (Wildman–Crippen LogP) is 4.99. The fourth-order valence-electron chi connectivity index (χ4n) is 3.02. The third-order valence-electron chi connectivity index (χ3n) is 4.43. The highest BCUT2D eigenvalue weighted by Crippen LogP contribution is 2.32. The summed E-state index contributed by atoms with van der Waals surface area (Å²) in [4.78, 5) is 8.30. The molecule has 25 heavy (non-hydrogen) atoms. The first kappa shape index (κ1) is 15.8.